The van der Waals surface area contributed by atoms with Crippen molar-refractivity contribution in [2.45, 2.75) is 38.4 Å². The number of benzene rings is 1. The van der Waals surface area contributed by atoms with Gasteiger partial charge in [-0.25, -0.2) is 4.39 Å². The second-order valence-corrected chi connectivity index (χ2v) is 5.92. The Bertz CT molecular complexity index is 386. The van der Waals surface area contributed by atoms with Gasteiger partial charge in [-0.3, -0.25) is 4.90 Å². The molecule has 3 unspecified atom stereocenters. The second kappa shape index (κ2) is 7.88. The van der Waals surface area contributed by atoms with Gasteiger partial charge in [-0.2, -0.15) is 11.8 Å². The molecule has 0 saturated carbocycles. The quantitative estimate of drug-likeness (QED) is 0.833. The Morgan fingerprint density at radius 3 is 2.53 bits per heavy atom. The maximum absolute atomic E-state index is 14.1. The minimum atomic E-state index is -0.167. The van der Waals surface area contributed by atoms with E-state index in [-0.39, 0.29) is 17.9 Å². The van der Waals surface area contributed by atoms with E-state index in [4.69, 9.17) is 5.73 Å². The smallest absolute Gasteiger partial charge is 0.128 e. The fourth-order valence-corrected chi connectivity index (χ4v) is 3.04. The number of likely N-dealkylation sites (N-methyl/N-ethyl adjacent to an activating group) is 1. The van der Waals surface area contributed by atoms with Crippen molar-refractivity contribution in [1.29, 1.82) is 0 Å². The van der Waals surface area contributed by atoms with E-state index in [0.717, 1.165) is 12.2 Å². The third kappa shape index (κ3) is 4.20. The van der Waals surface area contributed by atoms with Gasteiger partial charge < -0.3 is 5.73 Å². The number of hydrogen-bond acceptors (Lipinski definition) is 3. The number of hydrogen-bond donors (Lipinski definition) is 1. The van der Waals surface area contributed by atoms with Crippen molar-refractivity contribution in [3.8, 4) is 0 Å². The molecule has 108 valence electrons. The summed E-state index contributed by atoms with van der Waals surface area (Å²) in [7, 11) is 2.04. The van der Waals surface area contributed by atoms with Crippen LogP contribution in [-0.4, -0.2) is 36.0 Å². The zero-order valence-corrected chi connectivity index (χ0v) is 13.1. The molecule has 1 aromatic carbocycles. The fourth-order valence-electron chi connectivity index (χ4n) is 2.32. The number of rotatable bonds is 7. The molecule has 2 N–H and O–H groups in total. The Morgan fingerprint density at radius 2 is 2.00 bits per heavy atom. The summed E-state index contributed by atoms with van der Waals surface area (Å²) in [5.74, 6) is 0.845. The molecule has 0 aromatic heterocycles. The highest BCUT2D eigenvalue weighted by Gasteiger charge is 2.28. The van der Waals surface area contributed by atoms with E-state index in [1.807, 2.05) is 26.1 Å². The molecule has 1 rings (SSSR count). The molecular formula is C15H25FN2S. The minimum absolute atomic E-state index is 0.0637. The van der Waals surface area contributed by atoms with Crippen molar-refractivity contribution in [3.05, 3.63) is 35.6 Å². The molecule has 0 heterocycles. The maximum atomic E-state index is 14.1. The summed E-state index contributed by atoms with van der Waals surface area (Å²) in [4.78, 5) is 2.20. The molecule has 1 aromatic rings. The summed E-state index contributed by atoms with van der Waals surface area (Å²) in [6.07, 6.45) is 2.91. The number of nitrogens with two attached hydrogens (primary N) is 1. The molecule has 0 aliphatic carbocycles. The molecule has 0 bridgehead atoms. The predicted molar refractivity (Wildman–Crippen MR) is 83.0 cm³/mol. The summed E-state index contributed by atoms with van der Waals surface area (Å²) in [6.45, 7) is 4.21. The van der Waals surface area contributed by atoms with Gasteiger partial charge in [0.1, 0.15) is 5.82 Å². The van der Waals surface area contributed by atoms with E-state index in [9.17, 15) is 4.39 Å². The molecule has 0 saturated heterocycles. The van der Waals surface area contributed by atoms with Gasteiger partial charge in [-0.05, 0) is 32.7 Å². The summed E-state index contributed by atoms with van der Waals surface area (Å²) >= 11 is 1.80. The van der Waals surface area contributed by atoms with Crippen LogP contribution < -0.4 is 5.73 Å². The number of halogens is 1. The standard InChI is InChI=1S/C15H25FN2S/c1-5-14(17)15(18(3)11(2)10-19-4)12-8-6-7-9-13(12)16/h6-9,11,14-15H,5,10,17H2,1-4H3. The van der Waals surface area contributed by atoms with Crippen LogP contribution in [-0.2, 0) is 0 Å². The van der Waals surface area contributed by atoms with E-state index in [1.54, 1.807) is 17.8 Å². The van der Waals surface area contributed by atoms with Crippen LogP contribution in [0.4, 0.5) is 4.39 Å². The lowest BCUT2D eigenvalue weighted by Crippen LogP contribution is -2.44. The highest BCUT2D eigenvalue weighted by molar-refractivity contribution is 7.98. The van der Waals surface area contributed by atoms with Crippen LogP contribution in [0.15, 0.2) is 24.3 Å². The molecule has 0 radical (unpaired) electrons. The van der Waals surface area contributed by atoms with Gasteiger partial charge in [0.05, 0.1) is 6.04 Å². The lowest BCUT2D eigenvalue weighted by Gasteiger charge is -2.36. The molecule has 0 aliphatic heterocycles. The van der Waals surface area contributed by atoms with E-state index in [0.29, 0.717) is 11.6 Å². The zero-order valence-electron chi connectivity index (χ0n) is 12.3. The zero-order chi connectivity index (χ0) is 14.4. The first-order chi connectivity index (χ1) is 9.02. The molecule has 4 heteroatoms. The molecule has 0 aliphatic rings. The Kier molecular flexibility index (Phi) is 6.83. The first-order valence-corrected chi connectivity index (χ1v) is 8.13. The van der Waals surface area contributed by atoms with E-state index in [1.165, 1.54) is 6.07 Å². The first-order valence-electron chi connectivity index (χ1n) is 6.73. The van der Waals surface area contributed by atoms with Gasteiger partial charge in [0.15, 0.2) is 0 Å². The predicted octanol–water partition coefficient (Wildman–Crippen LogP) is 3.29. The van der Waals surface area contributed by atoms with E-state index < -0.39 is 0 Å². The lowest BCUT2D eigenvalue weighted by atomic mass is 9.95. The van der Waals surface area contributed by atoms with Crippen molar-refractivity contribution >= 4 is 11.8 Å². The maximum Gasteiger partial charge on any atom is 0.128 e. The molecular weight excluding hydrogens is 259 g/mol. The third-order valence-electron chi connectivity index (χ3n) is 3.64. The first kappa shape index (κ1) is 16.5. The average molecular weight is 284 g/mol. The van der Waals surface area contributed by atoms with E-state index in [2.05, 4.69) is 18.1 Å². The number of nitrogens with zero attached hydrogens (tertiary/aromatic N) is 1. The van der Waals surface area contributed by atoms with Gasteiger partial charge in [0, 0.05) is 23.4 Å². The van der Waals surface area contributed by atoms with Crippen LogP contribution in [0, 0.1) is 5.82 Å². The highest BCUT2D eigenvalue weighted by atomic mass is 32.2. The second-order valence-electron chi connectivity index (χ2n) is 5.01. The summed E-state index contributed by atoms with van der Waals surface area (Å²) in [5, 5.41) is 0. The van der Waals surface area contributed by atoms with Crippen molar-refractivity contribution < 1.29 is 4.39 Å². The number of thioether (sulfide) groups is 1. The summed E-state index contributed by atoms with van der Waals surface area (Å²) in [6, 6.07) is 7.17. The SMILES string of the molecule is CCC(N)C(c1ccccc1F)N(C)C(C)CSC. The molecule has 2 nitrogen and oxygen atoms in total. The van der Waals surface area contributed by atoms with Gasteiger partial charge in [0.2, 0.25) is 0 Å². The topological polar surface area (TPSA) is 29.3 Å². The van der Waals surface area contributed by atoms with Crippen LogP contribution in [0.5, 0.6) is 0 Å². The van der Waals surface area contributed by atoms with Crippen molar-refractivity contribution in [2.75, 3.05) is 19.1 Å². The molecule has 0 spiro atoms. The van der Waals surface area contributed by atoms with Crippen LogP contribution in [0.25, 0.3) is 0 Å². The Morgan fingerprint density at radius 1 is 1.37 bits per heavy atom. The minimum Gasteiger partial charge on any atom is -0.326 e. The van der Waals surface area contributed by atoms with Crippen LogP contribution in [0.2, 0.25) is 0 Å². The summed E-state index contributed by atoms with van der Waals surface area (Å²) in [5.41, 5.74) is 6.94. The van der Waals surface area contributed by atoms with Crippen LogP contribution in [0.3, 0.4) is 0 Å². The van der Waals surface area contributed by atoms with Crippen molar-refractivity contribution in [3.63, 3.8) is 0 Å². The molecule has 0 fully saturated rings. The summed E-state index contributed by atoms with van der Waals surface area (Å²) < 4.78 is 14.1. The van der Waals surface area contributed by atoms with Gasteiger partial charge >= 0.3 is 0 Å². The monoisotopic (exact) mass is 284 g/mol. The largest absolute Gasteiger partial charge is 0.326 e. The normalized spacial score (nSPS) is 16.4. The van der Waals surface area contributed by atoms with Gasteiger partial charge in [-0.1, -0.05) is 25.1 Å². The Balaban J connectivity index is 3.05. The molecule has 3 atom stereocenters. The van der Waals surface area contributed by atoms with Crippen molar-refractivity contribution in [2.24, 2.45) is 5.73 Å². The average Bonchev–Trinajstić information content (AvgIpc) is 2.41. The highest BCUT2D eigenvalue weighted by Crippen LogP contribution is 2.28. The van der Waals surface area contributed by atoms with Crippen LogP contribution in [0.1, 0.15) is 31.9 Å². The van der Waals surface area contributed by atoms with Gasteiger partial charge in [0.25, 0.3) is 0 Å². The van der Waals surface area contributed by atoms with E-state index >= 15 is 0 Å². The third-order valence-corrected chi connectivity index (χ3v) is 4.46. The molecule has 0 amide bonds. The lowest BCUT2D eigenvalue weighted by molar-refractivity contribution is 0.167. The fraction of sp³-hybridized carbons (Fsp3) is 0.600. The van der Waals surface area contributed by atoms with Crippen LogP contribution >= 0.6 is 11.8 Å². The molecule has 19 heavy (non-hydrogen) atoms. The Hall–Kier alpha value is -0.580. The Labute approximate surface area is 120 Å². The van der Waals surface area contributed by atoms with Crippen molar-refractivity contribution in [1.82, 2.24) is 4.90 Å². The van der Waals surface area contributed by atoms with Gasteiger partial charge in [-0.15, -0.1) is 0 Å².